The first-order valence-electron chi connectivity index (χ1n) is 21.1. The molecule has 10 aromatic rings. The van der Waals surface area contributed by atoms with Crippen LogP contribution in [0.2, 0.25) is 0 Å². The summed E-state index contributed by atoms with van der Waals surface area (Å²) in [6, 6.07) is 23.1. The van der Waals surface area contributed by atoms with Crippen molar-refractivity contribution in [1.82, 2.24) is 9.13 Å². The minimum atomic E-state index is -0.0382. The lowest BCUT2D eigenvalue weighted by Crippen LogP contribution is -2.48. The van der Waals surface area contributed by atoms with Crippen LogP contribution in [0.25, 0.3) is 88.4 Å². The molecule has 0 spiro atoms. The maximum atomic E-state index is 7.37. The van der Waals surface area contributed by atoms with Crippen LogP contribution >= 0.6 is 0 Å². The highest BCUT2D eigenvalue weighted by atomic mass is 15.0. The van der Waals surface area contributed by atoms with Crippen LogP contribution < -0.4 is 104 Å². The van der Waals surface area contributed by atoms with Crippen molar-refractivity contribution in [2.24, 2.45) is 0 Å². The highest BCUT2D eigenvalue weighted by molar-refractivity contribution is 6.72. The van der Waals surface area contributed by atoms with E-state index in [1.165, 1.54) is 0 Å². The van der Waals surface area contributed by atoms with Crippen LogP contribution in [-0.2, 0) is 0 Å². The van der Waals surface area contributed by atoms with Gasteiger partial charge in [-0.15, -0.1) is 21.9 Å². The second-order valence-corrected chi connectivity index (χ2v) is 17.1. The summed E-state index contributed by atoms with van der Waals surface area (Å²) in [6.45, 7) is 0. The minimum absolute atomic E-state index is 0.00704. The van der Waals surface area contributed by atoms with Crippen molar-refractivity contribution in [2.75, 3.05) is 0 Å². The first-order chi connectivity index (χ1) is 32.7. The summed E-state index contributed by atoms with van der Waals surface area (Å²) in [6.07, 6.45) is 0. The van der Waals surface area contributed by atoms with Gasteiger partial charge in [-0.05, 0) is 68.4 Å². The van der Waals surface area contributed by atoms with E-state index in [1.807, 2.05) is 24.3 Å². The zero-order valence-corrected chi connectivity index (χ0v) is 36.9. The number of fused-ring (bicyclic) bond motifs is 6. The Kier molecular flexibility index (Phi) is 11.6. The molecule has 0 aliphatic carbocycles. The van der Waals surface area contributed by atoms with Gasteiger partial charge in [0.2, 0.25) is 0 Å². The van der Waals surface area contributed by atoms with Gasteiger partial charge >= 0.3 is 0 Å². The zero-order valence-electron chi connectivity index (χ0n) is 36.9. The SMILES string of the molecule is [B]c1ccc(-c2ccc(-n3c4c([B])c([B])c([B])c([B])c4c4c([B])c(-c5c([B])c([B])c6c(c5[B])c5c([B])c([B])c([B])c([B])c5n6-c5ccc([B])c(-c6ccc([B])cc6[B])c5)c([B])c([B])c43)cc2[B])cc1. The van der Waals surface area contributed by atoms with Gasteiger partial charge in [-0.2, -0.15) is 0 Å². The van der Waals surface area contributed by atoms with Crippen molar-refractivity contribution in [2.45, 2.75) is 0 Å². The summed E-state index contributed by atoms with van der Waals surface area (Å²) in [5.41, 5.74) is 7.85. The maximum absolute atomic E-state index is 7.37. The molecule has 272 valence electrons. The summed E-state index contributed by atoms with van der Waals surface area (Å²) >= 11 is 0. The summed E-state index contributed by atoms with van der Waals surface area (Å²) in [5, 5.41) is 1.18. The molecule has 69 heavy (non-hydrogen) atoms. The van der Waals surface area contributed by atoms with Crippen molar-refractivity contribution in [3.05, 3.63) is 78.9 Å². The molecule has 0 bridgehead atoms. The number of hydrogen-bond donors (Lipinski definition) is 0. The van der Waals surface area contributed by atoms with E-state index in [-0.39, 0.29) is 98.5 Å². The molecule has 0 aliphatic heterocycles. The van der Waals surface area contributed by atoms with Crippen LogP contribution in [0.1, 0.15) is 0 Å². The summed E-state index contributed by atoms with van der Waals surface area (Å²) in [4.78, 5) is 0. The molecular weight excluding hydrogens is 810 g/mol. The van der Waals surface area contributed by atoms with E-state index in [9.17, 15) is 0 Å². The molecule has 0 aliphatic rings. The van der Waals surface area contributed by atoms with E-state index in [2.05, 4.69) is 0 Å². The topological polar surface area (TPSA) is 9.86 Å². The molecule has 2 aromatic heterocycles. The number of aromatic nitrogens is 2. The summed E-state index contributed by atoms with van der Waals surface area (Å²) in [7, 11) is 129. The number of hydrogen-bond acceptors (Lipinski definition) is 0. The smallest absolute Gasteiger partial charge is 0.115 e. The molecule has 2 heterocycles. The van der Waals surface area contributed by atoms with Crippen LogP contribution in [0.5, 0.6) is 0 Å². The third-order valence-corrected chi connectivity index (χ3v) is 13.3. The largest absolute Gasteiger partial charge is 0.311 e. The highest BCUT2D eigenvalue weighted by Gasteiger charge is 2.29. The second kappa shape index (κ2) is 16.9. The Hall–Kier alpha value is -5.41. The van der Waals surface area contributed by atoms with E-state index in [0.29, 0.717) is 82.5 Å². The molecule has 0 saturated carbocycles. The molecule has 0 amide bonds. The molecule has 38 radical (unpaired) electrons. The highest BCUT2D eigenvalue weighted by Crippen LogP contribution is 2.33. The van der Waals surface area contributed by atoms with Gasteiger partial charge in [-0.25, -0.2) is 0 Å². The van der Waals surface area contributed by atoms with Crippen molar-refractivity contribution in [3.63, 3.8) is 0 Å². The Morgan fingerprint density at radius 3 is 1.09 bits per heavy atom. The van der Waals surface area contributed by atoms with Crippen LogP contribution in [0.4, 0.5) is 0 Å². The van der Waals surface area contributed by atoms with E-state index < -0.39 is 0 Å². The van der Waals surface area contributed by atoms with Crippen molar-refractivity contribution >= 4 is 296 Å². The maximum Gasteiger partial charge on any atom is 0.115 e. The molecular formula is C48H13B19N2. The Morgan fingerprint density at radius 1 is 0.246 bits per heavy atom. The Balaban J connectivity index is 1.32. The van der Waals surface area contributed by atoms with Crippen LogP contribution in [0, 0.1) is 0 Å². The fraction of sp³-hybridized carbons (Fsp3) is 0. The van der Waals surface area contributed by atoms with E-state index in [0.717, 1.165) is 11.1 Å². The fourth-order valence-electron chi connectivity index (χ4n) is 9.80. The molecule has 0 unspecified atom stereocenters. The molecule has 21 heteroatoms. The Morgan fingerprint density at radius 2 is 0.623 bits per heavy atom. The predicted molar refractivity (Wildman–Crippen MR) is 314 cm³/mol. The lowest BCUT2D eigenvalue weighted by molar-refractivity contribution is 1.19. The second-order valence-electron chi connectivity index (χ2n) is 17.1. The Labute approximate surface area is 426 Å². The monoisotopic (exact) mass is 826 g/mol. The van der Waals surface area contributed by atoms with Gasteiger partial charge in [-0.3, -0.25) is 0 Å². The van der Waals surface area contributed by atoms with Gasteiger partial charge in [0.05, 0.1) is 0 Å². The van der Waals surface area contributed by atoms with Gasteiger partial charge in [-0.1, -0.05) is 137 Å². The molecule has 0 N–H and O–H groups in total. The van der Waals surface area contributed by atoms with Gasteiger partial charge in [0.1, 0.15) is 149 Å². The minimum Gasteiger partial charge on any atom is -0.311 e. The number of rotatable bonds is 5. The summed E-state index contributed by atoms with van der Waals surface area (Å²) in [5.74, 6) is 0. The van der Waals surface area contributed by atoms with Gasteiger partial charge in [0.15, 0.2) is 0 Å². The summed E-state index contributed by atoms with van der Waals surface area (Å²) < 4.78 is 3.46. The van der Waals surface area contributed by atoms with Crippen LogP contribution in [-0.4, -0.2) is 158 Å². The quantitative estimate of drug-likeness (QED) is 0.153. The first kappa shape index (κ1) is 47.3. The molecule has 8 aromatic carbocycles. The van der Waals surface area contributed by atoms with E-state index in [1.54, 1.807) is 63.7 Å². The van der Waals surface area contributed by atoms with Crippen molar-refractivity contribution < 1.29 is 0 Å². The third-order valence-electron chi connectivity index (χ3n) is 13.3. The number of nitrogens with zero attached hydrogens (tertiary/aromatic N) is 2. The molecule has 0 fully saturated rings. The molecule has 0 atom stereocenters. The third kappa shape index (κ3) is 6.82. The predicted octanol–water partition coefficient (Wildman–Crippen LogP) is -10.0. The first-order valence-corrected chi connectivity index (χ1v) is 21.1. The lowest BCUT2D eigenvalue weighted by atomic mass is 9.61. The van der Waals surface area contributed by atoms with Crippen molar-refractivity contribution in [3.8, 4) is 44.8 Å². The van der Waals surface area contributed by atoms with Crippen LogP contribution in [0.3, 0.4) is 0 Å². The molecule has 2 nitrogen and oxygen atoms in total. The number of benzene rings is 8. The molecule has 0 saturated heterocycles. The van der Waals surface area contributed by atoms with Crippen molar-refractivity contribution in [1.29, 1.82) is 0 Å². The van der Waals surface area contributed by atoms with E-state index in [4.69, 9.17) is 149 Å². The molecule has 10 rings (SSSR count). The van der Waals surface area contributed by atoms with Gasteiger partial charge < -0.3 is 9.13 Å². The average molecular weight is 823 g/mol. The average Bonchev–Trinajstić information content (AvgIpc) is 3.88. The van der Waals surface area contributed by atoms with E-state index >= 15 is 0 Å². The Bertz CT molecular complexity index is 3950. The fourth-order valence-corrected chi connectivity index (χ4v) is 9.80. The van der Waals surface area contributed by atoms with Crippen LogP contribution in [0.15, 0.2) is 78.9 Å². The van der Waals surface area contributed by atoms with Gasteiger partial charge in [0, 0.05) is 44.2 Å². The van der Waals surface area contributed by atoms with Gasteiger partial charge in [0.25, 0.3) is 0 Å². The zero-order chi connectivity index (χ0) is 49.6. The lowest BCUT2D eigenvalue weighted by Gasteiger charge is -2.25. The standard InChI is InChI=1S/C48H13B19N2/c49-15-3-1-14(2-4-15)19-9-6-18(13-24(19)53)69-46-28(30-36(59)38(61)40(63)44(67)48(30)69)32(55)26(34(57)42(46)65)25-31(54)27-29-35(58)37(60)39(62)43(66)47(29)68(45(27)41(64)33(25)56)17-7-10-22(51)21(12-17)20-8-5-16(50)11-23(20)52/h1-13H. The normalized spacial score (nSPS) is 11.7.